The molecule has 1 unspecified atom stereocenters. The Labute approximate surface area is 101 Å². The first-order chi connectivity index (χ1) is 7.60. The zero-order chi connectivity index (χ0) is 12.1. The molecular formula is C11H8BrNO3. The molecule has 0 saturated carbocycles. The lowest BCUT2D eigenvalue weighted by atomic mass is 9.99. The van der Waals surface area contributed by atoms with E-state index in [4.69, 9.17) is 5.26 Å². The molecule has 1 aromatic rings. The van der Waals surface area contributed by atoms with Crippen molar-refractivity contribution in [1.29, 1.82) is 5.26 Å². The highest BCUT2D eigenvalue weighted by atomic mass is 79.9. The number of ketones is 1. The Bertz CT molecular complexity index is 447. The van der Waals surface area contributed by atoms with E-state index in [-0.39, 0.29) is 0 Å². The molecular weight excluding hydrogens is 274 g/mol. The van der Waals surface area contributed by atoms with Crippen molar-refractivity contribution in [3.63, 3.8) is 0 Å². The van der Waals surface area contributed by atoms with Crippen LogP contribution in [0.4, 0.5) is 0 Å². The summed E-state index contributed by atoms with van der Waals surface area (Å²) in [6.07, 6.45) is 0. The second-order valence-corrected chi connectivity index (χ2v) is 3.87. The first-order valence-corrected chi connectivity index (χ1v) is 5.16. The number of ether oxygens (including phenoxy) is 1. The first-order valence-electron chi connectivity index (χ1n) is 4.37. The van der Waals surface area contributed by atoms with Crippen LogP contribution in [0.2, 0.25) is 0 Å². The molecule has 0 heterocycles. The van der Waals surface area contributed by atoms with Gasteiger partial charge in [-0.2, -0.15) is 5.26 Å². The van der Waals surface area contributed by atoms with E-state index < -0.39 is 17.7 Å². The minimum atomic E-state index is -1.40. The van der Waals surface area contributed by atoms with Crippen LogP contribution in [-0.2, 0) is 9.53 Å². The van der Waals surface area contributed by atoms with E-state index in [0.29, 0.717) is 5.56 Å². The highest BCUT2D eigenvalue weighted by molar-refractivity contribution is 9.10. The monoisotopic (exact) mass is 281 g/mol. The summed E-state index contributed by atoms with van der Waals surface area (Å²) in [6.45, 7) is 0. The SMILES string of the molecule is COC(=O)C(C#N)C(=O)c1ccc(Br)cc1. The molecule has 1 rings (SSSR count). The third-order valence-electron chi connectivity index (χ3n) is 1.96. The molecule has 0 spiro atoms. The van der Waals surface area contributed by atoms with Gasteiger partial charge in [0.1, 0.15) is 0 Å². The van der Waals surface area contributed by atoms with Gasteiger partial charge in [0.2, 0.25) is 5.92 Å². The fourth-order valence-corrected chi connectivity index (χ4v) is 1.38. The molecule has 16 heavy (non-hydrogen) atoms. The molecule has 0 saturated heterocycles. The summed E-state index contributed by atoms with van der Waals surface area (Å²) in [5.74, 6) is -2.79. The minimum absolute atomic E-state index is 0.306. The van der Waals surface area contributed by atoms with Gasteiger partial charge < -0.3 is 4.74 Å². The Morgan fingerprint density at radius 2 is 1.94 bits per heavy atom. The normalized spacial score (nSPS) is 11.3. The number of hydrogen-bond donors (Lipinski definition) is 0. The van der Waals surface area contributed by atoms with E-state index in [1.165, 1.54) is 0 Å². The highest BCUT2D eigenvalue weighted by Crippen LogP contribution is 2.14. The molecule has 0 aliphatic carbocycles. The molecule has 0 fully saturated rings. The van der Waals surface area contributed by atoms with Gasteiger partial charge in [-0.05, 0) is 12.1 Å². The number of carbonyl (C=O) groups excluding carboxylic acids is 2. The lowest BCUT2D eigenvalue weighted by Crippen LogP contribution is -2.23. The van der Waals surface area contributed by atoms with Crippen LogP contribution in [0.15, 0.2) is 28.7 Å². The first kappa shape index (κ1) is 12.4. The van der Waals surface area contributed by atoms with Gasteiger partial charge in [-0.3, -0.25) is 9.59 Å². The van der Waals surface area contributed by atoms with E-state index in [1.54, 1.807) is 30.3 Å². The number of methoxy groups -OCH3 is 1. The van der Waals surface area contributed by atoms with Gasteiger partial charge >= 0.3 is 5.97 Å². The summed E-state index contributed by atoms with van der Waals surface area (Å²) >= 11 is 3.22. The number of rotatable bonds is 3. The average Bonchev–Trinajstić information content (AvgIpc) is 2.30. The van der Waals surface area contributed by atoms with Crippen LogP contribution in [0.5, 0.6) is 0 Å². The second kappa shape index (κ2) is 5.42. The van der Waals surface area contributed by atoms with Crippen molar-refractivity contribution in [3.8, 4) is 6.07 Å². The van der Waals surface area contributed by atoms with Crippen LogP contribution >= 0.6 is 15.9 Å². The third-order valence-corrected chi connectivity index (χ3v) is 2.49. The Balaban J connectivity index is 2.97. The maximum absolute atomic E-state index is 11.7. The van der Waals surface area contributed by atoms with E-state index in [2.05, 4.69) is 20.7 Å². The maximum Gasteiger partial charge on any atom is 0.331 e. The summed E-state index contributed by atoms with van der Waals surface area (Å²) in [6, 6.07) is 8.04. The fraction of sp³-hybridized carbons (Fsp3) is 0.182. The van der Waals surface area contributed by atoms with E-state index in [0.717, 1.165) is 11.6 Å². The number of halogens is 1. The predicted molar refractivity (Wildman–Crippen MR) is 59.6 cm³/mol. The zero-order valence-electron chi connectivity index (χ0n) is 8.44. The van der Waals surface area contributed by atoms with Gasteiger partial charge in [0.25, 0.3) is 0 Å². The highest BCUT2D eigenvalue weighted by Gasteiger charge is 2.28. The number of esters is 1. The summed E-state index contributed by atoms with van der Waals surface area (Å²) in [4.78, 5) is 22.9. The molecule has 0 N–H and O–H groups in total. The third kappa shape index (κ3) is 2.67. The molecule has 0 bridgehead atoms. The van der Waals surface area contributed by atoms with Crippen LogP contribution in [0, 0.1) is 17.2 Å². The quantitative estimate of drug-likeness (QED) is 0.482. The van der Waals surface area contributed by atoms with E-state index in [1.807, 2.05) is 0 Å². The largest absolute Gasteiger partial charge is 0.468 e. The average molecular weight is 282 g/mol. The van der Waals surface area contributed by atoms with Crippen LogP contribution in [0.25, 0.3) is 0 Å². The molecule has 1 atom stereocenters. The lowest BCUT2D eigenvalue weighted by Gasteiger charge is -2.05. The Morgan fingerprint density at radius 3 is 2.38 bits per heavy atom. The van der Waals surface area contributed by atoms with Crippen LogP contribution in [0.3, 0.4) is 0 Å². The standard InChI is InChI=1S/C11H8BrNO3/c1-16-11(15)9(6-13)10(14)7-2-4-8(12)5-3-7/h2-5,9H,1H3. The summed E-state index contributed by atoms with van der Waals surface area (Å²) in [7, 11) is 1.14. The van der Waals surface area contributed by atoms with Crippen molar-refractivity contribution in [2.75, 3.05) is 7.11 Å². The van der Waals surface area contributed by atoms with Crippen LogP contribution in [-0.4, -0.2) is 18.9 Å². The number of nitrogens with zero attached hydrogens (tertiary/aromatic N) is 1. The molecule has 1 aromatic carbocycles. The van der Waals surface area contributed by atoms with E-state index in [9.17, 15) is 9.59 Å². The summed E-state index contributed by atoms with van der Waals surface area (Å²) < 4.78 is 5.19. The molecule has 0 amide bonds. The second-order valence-electron chi connectivity index (χ2n) is 2.96. The smallest absolute Gasteiger partial charge is 0.331 e. The van der Waals surface area contributed by atoms with Crippen molar-refractivity contribution < 1.29 is 14.3 Å². The Kier molecular flexibility index (Phi) is 4.20. The molecule has 0 aromatic heterocycles. The summed E-state index contributed by atoms with van der Waals surface area (Å²) in [5, 5.41) is 8.73. The van der Waals surface area contributed by atoms with Gasteiger partial charge in [0, 0.05) is 10.0 Å². The number of nitriles is 1. The molecule has 4 nitrogen and oxygen atoms in total. The molecule has 82 valence electrons. The Hall–Kier alpha value is -1.67. The topological polar surface area (TPSA) is 67.2 Å². The predicted octanol–water partition coefficient (Wildman–Crippen LogP) is 1.94. The van der Waals surface area contributed by atoms with Crippen LogP contribution in [0.1, 0.15) is 10.4 Å². The van der Waals surface area contributed by atoms with Crippen molar-refractivity contribution in [3.05, 3.63) is 34.3 Å². The van der Waals surface area contributed by atoms with Gasteiger partial charge in [-0.25, -0.2) is 0 Å². The van der Waals surface area contributed by atoms with Gasteiger partial charge in [0.05, 0.1) is 13.2 Å². The fourth-order valence-electron chi connectivity index (χ4n) is 1.12. The molecule has 5 heteroatoms. The van der Waals surface area contributed by atoms with Crippen LogP contribution < -0.4 is 0 Å². The zero-order valence-corrected chi connectivity index (χ0v) is 10.0. The van der Waals surface area contributed by atoms with Crippen molar-refractivity contribution >= 4 is 27.7 Å². The Morgan fingerprint density at radius 1 is 1.38 bits per heavy atom. The lowest BCUT2D eigenvalue weighted by molar-refractivity contribution is -0.141. The van der Waals surface area contributed by atoms with Crippen molar-refractivity contribution in [2.24, 2.45) is 5.92 Å². The molecule has 0 aliphatic rings. The van der Waals surface area contributed by atoms with Gasteiger partial charge in [-0.1, -0.05) is 28.1 Å². The summed E-state index contributed by atoms with van der Waals surface area (Å²) in [5.41, 5.74) is 0.306. The minimum Gasteiger partial charge on any atom is -0.468 e. The molecule has 0 aliphatic heterocycles. The molecule has 0 radical (unpaired) electrons. The number of Topliss-reactive ketones (excluding diaryl/α,β-unsaturated/α-hetero) is 1. The number of hydrogen-bond acceptors (Lipinski definition) is 4. The van der Waals surface area contributed by atoms with E-state index >= 15 is 0 Å². The van der Waals surface area contributed by atoms with Gasteiger partial charge in [-0.15, -0.1) is 0 Å². The number of carbonyl (C=O) groups is 2. The number of benzene rings is 1. The maximum atomic E-state index is 11.7. The van der Waals surface area contributed by atoms with Crippen molar-refractivity contribution in [2.45, 2.75) is 0 Å². The van der Waals surface area contributed by atoms with Crippen molar-refractivity contribution in [1.82, 2.24) is 0 Å². The van der Waals surface area contributed by atoms with Gasteiger partial charge in [0.15, 0.2) is 5.78 Å².